The van der Waals surface area contributed by atoms with E-state index in [0.717, 1.165) is 5.56 Å². The number of amides is 2. The molecule has 4 heteroatoms. The zero-order valence-electron chi connectivity index (χ0n) is 10.6. The van der Waals surface area contributed by atoms with E-state index in [1.165, 1.54) is 4.90 Å². The standard InChI is InChI=1S/C15H14ClNO2/c1-9-2-5-11(6-3-9)17-14(18)12-7-4-10(16)8-13(12)15(17)19/h2-6,12-13H,7-8H2,1H3/t12-,13+/m0/s1. The van der Waals surface area contributed by atoms with Crippen LogP contribution < -0.4 is 4.90 Å². The van der Waals surface area contributed by atoms with Crippen molar-refractivity contribution in [2.75, 3.05) is 4.90 Å². The molecule has 1 fully saturated rings. The second-order valence-corrected chi connectivity index (χ2v) is 5.64. The van der Waals surface area contributed by atoms with Gasteiger partial charge in [-0.2, -0.15) is 0 Å². The van der Waals surface area contributed by atoms with Gasteiger partial charge in [0.25, 0.3) is 0 Å². The molecule has 2 aliphatic rings. The number of fused-ring (bicyclic) bond motifs is 1. The molecule has 1 aromatic rings. The van der Waals surface area contributed by atoms with Crippen LogP contribution in [0.25, 0.3) is 0 Å². The van der Waals surface area contributed by atoms with Crippen molar-refractivity contribution in [2.45, 2.75) is 19.8 Å². The maximum atomic E-state index is 12.4. The third-order valence-corrected chi connectivity index (χ3v) is 4.17. The van der Waals surface area contributed by atoms with Crippen LogP contribution in [0.1, 0.15) is 18.4 Å². The summed E-state index contributed by atoms with van der Waals surface area (Å²) < 4.78 is 0. The van der Waals surface area contributed by atoms with Gasteiger partial charge in [-0.05, 0) is 31.9 Å². The van der Waals surface area contributed by atoms with Crippen LogP contribution in [-0.2, 0) is 9.59 Å². The quantitative estimate of drug-likeness (QED) is 0.739. The molecule has 1 saturated heterocycles. The van der Waals surface area contributed by atoms with Gasteiger partial charge >= 0.3 is 0 Å². The lowest BCUT2D eigenvalue weighted by Crippen LogP contribution is -2.30. The molecular formula is C15H14ClNO2. The molecule has 1 aliphatic heterocycles. The number of halogens is 1. The Kier molecular flexibility index (Phi) is 2.94. The number of hydrogen-bond donors (Lipinski definition) is 0. The molecule has 98 valence electrons. The van der Waals surface area contributed by atoms with E-state index >= 15 is 0 Å². The molecule has 2 amide bonds. The lowest BCUT2D eigenvalue weighted by atomic mass is 9.85. The van der Waals surface area contributed by atoms with Crippen molar-refractivity contribution in [3.05, 3.63) is 40.9 Å². The van der Waals surface area contributed by atoms with Gasteiger partial charge in [-0.25, -0.2) is 0 Å². The Hall–Kier alpha value is -1.61. The van der Waals surface area contributed by atoms with Crippen molar-refractivity contribution < 1.29 is 9.59 Å². The second-order valence-electron chi connectivity index (χ2n) is 5.15. The summed E-state index contributed by atoms with van der Waals surface area (Å²) in [5.41, 5.74) is 1.76. The van der Waals surface area contributed by atoms with Crippen LogP contribution in [0.5, 0.6) is 0 Å². The predicted molar refractivity (Wildman–Crippen MR) is 73.8 cm³/mol. The summed E-state index contributed by atoms with van der Waals surface area (Å²) in [4.78, 5) is 26.1. The normalized spacial score (nSPS) is 26.4. The molecule has 0 bridgehead atoms. The first kappa shape index (κ1) is 12.4. The number of imide groups is 1. The Morgan fingerprint density at radius 3 is 2.42 bits per heavy atom. The van der Waals surface area contributed by atoms with Crippen molar-refractivity contribution in [1.29, 1.82) is 0 Å². The second kappa shape index (κ2) is 4.49. The van der Waals surface area contributed by atoms with Gasteiger partial charge in [0.2, 0.25) is 11.8 Å². The number of hydrogen-bond acceptors (Lipinski definition) is 2. The summed E-state index contributed by atoms with van der Waals surface area (Å²) in [6.07, 6.45) is 2.90. The molecule has 0 N–H and O–H groups in total. The maximum absolute atomic E-state index is 12.4. The average Bonchev–Trinajstić information content (AvgIpc) is 2.63. The molecule has 0 aromatic heterocycles. The smallest absolute Gasteiger partial charge is 0.238 e. The minimum atomic E-state index is -0.286. The van der Waals surface area contributed by atoms with Crippen molar-refractivity contribution in [1.82, 2.24) is 0 Å². The summed E-state index contributed by atoms with van der Waals surface area (Å²) in [6.45, 7) is 1.97. The summed E-state index contributed by atoms with van der Waals surface area (Å²) in [5.74, 6) is -0.744. The maximum Gasteiger partial charge on any atom is 0.238 e. The molecule has 0 unspecified atom stereocenters. The largest absolute Gasteiger partial charge is 0.274 e. The van der Waals surface area contributed by atoms with Crippen LogP contribution >= 0.6 is 11.6 Å². The van der Waals surface area contributed by atoms with Gasteiger partial charge < -0.3 is 0 Å². The number of aryl methyl sites for hydroxylation is 1. The molecule has 1 aromatic carbocycles. The summed E-state index contributed by atoms with van der Waals surface area (Å²) >= 11 is 5.99. The van der Waals surface area contributed by atoms with Gasteiger partial charge in [-0.1, -0.05) is 35.4 Å². The summed E-state index contributed by atoms with van der Waals surface area (Å²) in [7, 11) is 0. The van der Waals surface area contributed by atoms with Gasteiger partial charge in [-0.15, -0.1) is 0 Å². The van der Waals surface area contributed by atoms with Crippen molar-refractivity contribution in [3.63, 3.8) is 0 Å². The Labute approximate surface area is 116 Å². The number of anilines is 1. The fourth-order valence-corrected chi connectivity index (χ4v) is 3.03. The molecular weight excluding hydrogens is 262 g/mol. The number of carbonyl (C=O) groups excluding carboxylic acids is 2. The molecule has 0 saturated carbocycles. The van der Waals surface area contributed by atoms with Crippen LogP contribution in [-0.4, -0.2) is 11.8 Å². The van der Waals surface area contributed by atoms with Crippen LogP contribution in [0.3, 0.4) is 0 Å². The van der Waals surface area contributed by atoms with Crippen molar-refractivity contribution in [3.8, 4) is 0 Å². The number of carbonyl (C=O) groups is 2. The molecule has 19 heavy (non-hydrogen) atoms. The molecule has 0 radical (unpaired) electrons. The first-order chi connectivity index (χ1) is 9.08. The van der Waals surface area contributed by atoms with E-state index < -0.39 is 0 Å². The first-order valence-corrected chi connectivity index (χ1v) is 6.75. The Morgan fingerprint density at radius 1 is 1.11 bits per heavy atom. The van der Waals surface area contributed by atoms with E-state index in [0.29, 0.717) is 23.6 Å². The zero-order valence-corrected chi connectivity index (χ0v) is 11.4. The highest BCUT2D eigenvalue weighted by Crippen LogP contribution is 2.40. The topological polar surface area (TPSA) is 37.4 Å². The van der Waals surface area contributed by atoms with Gasteiger partial charge in [0.1, 0.15) is 0 Å². The van der Waals surface area contributed by atoms with E-state index in [-0.39, 0.29) is 23.7 Å². The molecule has 0 spiro atoms. The number of allylic oxidation sites excluding steroid dienone is 2. The molecule has 1 heterocycles. The minimum Gasteiger partial charge on any atom is -0.274 e. The monoisotopic (exact) mass is 275 g/mol. The molecule has 2 atom stereocenters. The average molecular weight is 276 g/mol. The minimum absolute atomic E-state index is 0.0979. The van der Waals surface area contributed by atoms with Crippen molar-refractivity contribution >= 4 is 29.1 Å². The molecule has 3 nitrogen and oxygen atoms in total. The number of rotatable bonds is 1. The van der Waals surface area contributed by atoms with Gasteiger partial charge in [0, 0.05) is 5.03 Å². The van der Waals surface area contributed by atoms with Crippen LogP contribution in [0.15, 0.2) is 35.4 Å². The third-order valence-electron chi connectivity index (χ3n) is 3.86. The lowest BCUT2D eigenvalue weighted by molar-refractivity contribution is -0.122. The van der Waals surface area contributed by atoms with Gasteiger partial charge in [0.15, 0.2) is 0 Å². The number of nitrogens with zero attached hydrogens (tertiary/aromatic N) is 1. The Bertz CT molecular complexity index is 576. The van der Waals surface area contributed by atoms with Crippen LogP contribution in [0, 0.1) is 18.8 Å². The van der Waals surface area contributed by atoms with Crippen LogP contribution in [0.2, 0.25) is 0 Å². The van der Waals surface area contributed by atoms with E-state index in [1.54, 1.807) is 0 Å². The highest BCUT2D eigenvalue weighted by molar-refractivity contribution is 6.30. The number of benzene rings is 1. The first-order valence-electron chi connectivity index (χ1n) is 6.37. The van der Waals surface area contributed by atoms with Gasteiger partial charge in [0.05, 0.1) is 17.5 Å². The van der Waals surface area contributed by atoms with Crippen LogP contribution in [0.4, 0.5) is 5.69 Å². The van der Waals surface area contributed by atoms with Crippen molar-refractivity contribution in [2.24, 2.45) is 11.8 Å². The third kappa shape index (κ3) is 1.98. The fraction of sp³-hybridized carbons (Fsp3) is 0.333. The highest BCUT2D eigenvalue weighted by atomic mass is 35.5. The Morgan fingerprint density at radius 2 is 1.74 bits per heavy atom. The van der Waals surface area contributed by atoms with E-state index in [1.807, 2.05) is 37.3 Å². The van der Waals surface area contributed by atoms with E-state index in [9.17, 15) is 9.59 Å². The molecule has 1 aliphatic carbocycles. The highest BCUT2D eigenvalue weighted by Gasteiger charge is 2.48. The zero-order chi connectivity index (χ0) is 13.6. The summed E-state index contributed by atoms with van der Waals surface area (Å²) in [5, 5.41) is 0.688. The fourth-order valence-electron chi connectivity index (χ4n) is 2.78. The lowest BCUT2D eigenvalue weighted by Gasteiger charge is -2.17. The van der Waals surface area contributed by atoms with E-state index in [4.69, 9.17) is 11.6 Å². The molecule has 3 rings (SSSR count). The Balaban J connectivity index is 1.95. The van der Waals surface area contributed by atoms with Gasteiger partial charge in [-0.3, -0.25) is 14.5 Å². The predicted octanol–water partition coefficient (Wildman–Crippen LogP) is 3.02. The SMILES string of the molecule is Cc1ccc(N2C(=O)[C@H]3CC=C(Cl)C[C@H]3C2=O)cc1. The summed E-state index contributed by atoms with van der Waals surface area (Å²) in [6, 6.07) is 7.45. The van der Waals surface area contributed by atoms with E-state index in [2.05, 4.69) is 0 Å².